The average Bonchev–Trinajstić information content (AvgIpc) is 2.31. The second-order valence-electron chi connectivity index (χ2n) is 3.81. The minimum Gasteiger partial charge on any atom is -0.397 e. The first-order valence-electron chi connectivity index (χ1n) is 5.62. The molecule has 0 saturated carbocycles. The second-order valence-corrected chi connectivity index (χ2v) is 3.81. The van der Waals surface area contributed by atoms with Crippen molar-refractivity contribution in [1.29, 1.82) is 0 Å². The van der Waals surface area contributed by atoms with Gasteiger partial charge in [-0.05, 0) is 25.5 Å². The Morgan fingerprint density at radius 3 is 2.82 bits per heavy atom. The molecule has 0 aliphatic rings. The summed E-state index contributed by atoms with van der Waals surface area (Å²) < 4.78 is 0. The minimum atomic E-state index is 0.714. The standard InChI is InChI=1S/C13H20N4/c1-5-15-13(17(4)6-2)16-12-10(3)8-7-9-11(12)14/h5,7-9H,1,6,14H2,2-4H3,(H,15,16). The molecule has 0 bridgehead atoms. The van der Waals surface area contributed by atoms with Gasteiger partial charge in [0.15, 0.2) is 0 Å². The smallest absolute Gasteiger partial charge is 0.202 e. The molecule has 0 spiro atoms. The van der Waals surface area contributed by atoms with E-state index in [-0.39, 0.29) is 0 Å². The summed E-state index contributed by atoms with van der Waals surface area (Å²) in [6.45, 7) is 8.54. The number of benzene rings is 1. The van der Waals surface area contributed by atoms with Gasteiger partial charge in [0.1, 0.15) is 0 Å². The van der Waals surface area contributed by atoms with Crippen molar-refractivity contribution >= 4 is 17.3 Å². The van der Waals surface area contributed by atoms with Gasteiger partial charge < -0.3 is 16.0 Å². The molecule has 0 unspecified atom stereocenters. The van der Waals surface area contributed by atoms with Gasteiger partial charge in [0, 0.05) is 19.8 Å². The molecular weight excluding hydrogens is 212 g/mol. The number of aryl methyl sites for hydroxylation is 1. The van der Waals surface area contributed by atoms with E-state index < -0.39 is 0 Å². The third-order valence-corrected chi connectivity index (χ3v) is 2.59. The largest absolute Gasteiger partial charge is 0.397 e. The minimum absolute atomic E-state index is 0.714. The van der Waals surface area contributed by atoms with Crippen LogP contribution >= 0.6 is 0 Å². The predicted molar refractivity (Wildman–Crippen MR) is 75.2 cm³/mol. The Kier molecular flexibility index (Phi) is 4.57. The molecule has 4 heteroatoms. The van der Waals surface area contributed by atoms with Crippen LogP contribution in [0.15, 0.2) is 36.0 Å². The number of para-hydroxylation sites is 1. The van der Waals surface area contributed by atoms with E-state index >= 15 is 0 Å². The summed E-state index contributed by atoms with van der Waals surface area (Å²) in [5.74, 6) is 0.739. The van der Waals surface area contributed by atoms with E-state index in [1.807, 2.05) is 37.1 Å². The van der Waals surface area contributed by atoms with Crippen LogP contribution in [-0.4, -0.2) is 24.5 Å². The highest BCUT2D eigenvalue weighted by molar-refractivity contribution is 5.97. The van der Waals surface area contributed by atoms with Crippen LogP contribution in [0.2, 0.25) is 0 Å². The third-order valence-electron chi connectivity index (χ3n) is 2.59. The summed E-state index contributed by atoms with van der Waals surface area (Å²) in [7, 11) is 1.96. The van der Waals surface area contributed by atoms with Crippen LogP contribution in [0.1, 0.15) is 12.5 Å². The number of nitrogen functional groups attached to an aromatic ring is 1. The first-order valence-corrected chi connectivity index (χ1v) is 5.62. The van der Waals surface area contributed by atoms with Crippen molar-refractivity contribution in [1.82, 2.24) is 4.90 Å². The van der Waals surface area contributed by atoms with Crippen molar-refractivity contribution in [3.8, 4) is 0 Å². The molecule has 0 heterocycles. The molecule has 17 heavy (non-hydrogen) atoms. The predicted octanol–water partition coefficient (Wildman–Crippen LogP) is 2.44. The zero-order valence-corrected chi connectivity index (χ0v) is 10.7. The third kappa shape index (κ3) is 3.24. The van der Waals surface area contributed by atoms with Gasteiger partial charge in [-0.25, -0.2) is 4.99 Å². The Hall–Kier alpha value is -1.97. The highest BCUT2D eigenvalue weighted by Crippen LogP contribution is 2.22. The number of nitrogens with one attached hydrogen (secondary N) is 1. The first-order chi connectivity index (χ1) is 8.10. The summed E-state index contributed by atoms with van der Waals surface area (Å²) in [5.41, 5.74) is 8.65. The summed E-state index contributed by atoms with van der Waals surface area (Å²) in [5, 5.41) is 3.25. The van der Waals surface area contributed by atoms with Gasteiger partial charge in [0.05, 0.1) is 11.4 Å². The van der Waals surface area contributed by atoms with E-state index in [0.717, 1.165) is 23.8 Å². The van der Waals surface area contributed by atoms with E-state index in [1.54, 1.807) is 0 Å². The van der Waals surface area contributed by atoms with Crippen LogP contribution < -0.4 is 11.1 Å². The van der Waals surface area contributed by atoms with E-state index in [0.29, 0.717) is 5.69 Å². The van der Waals surface area contributed by atoms with Gasteiger partial charge in [0.25, 0.3) is 0 Å². The van der Waals surface area contributed by atoms with Crippen molar-refractivity contribution in [2.75, 3.05) is 24.6 Å². The zero-order chi connectivity index (χ0) is 12.8. The molecule has 0 aliphatic carbocycles. The summed E-state index contributed by atoms with van der Waals surface area (Å²) in [6.07, 6.45) is 1.52. The highest BCUT2D eigenvalue weighted by Gasteiger charge is 2.08. The number of hydrogen-bond acceptors (Lipinski definition) is 2. The summed E-state index contributed by atoms with van der Waals surface area (Å²) in [4.78, 5) is 6.21. The summed E-state index contributed by atoms with van der Waals surface area (Å²) >= 11 is 0. The van der Waals surface area contributed by atoms with Gasteiger partial charge >= 0.3 is 0 Å². The molecule has 0 fully saturated rings. The molecule has 1 rings (SSSR count). The van der Waals surface area contributed by atoms with Crippen LogP contribution in [0.4, 0.5) is 11.4 Å². The van der Waals surface area contributed by atoms with E-state index in [1.165, 1.54) is 6.20 Å². The van der Waals surface area contributed by atoms with E-state index in [4.69, 9.17) is 5.73 Å². The van der Waals surface area contributed by atoms with Gasteiger partial charge in [0.2, 0.25) is 5.96 Å². The molecule has 0 aromatic heterocycles. The number of nitrogens with zero attached hydrogens (tertiary/aromatic N) is 2. The van der Waals surface area contributed by atoms with Crippen LogP contribution in [-0.2, 0) is 0 Å². The molecule has 0 atom stereocenters. The normalized spacial score (nSPS) is 11.1. The van der Waals surface area contributed by atoms with Crippen LogP contribution in [0, 0.1) is 6.92 Å². The van der Waals surface area contributed by atoms with Crippen molar-refractivity contribution in [3.63, 3.8) is 0 Å². The number of aliphatic imine (C=N–C) groups is 1. The van der Waals surface area contributed by atoms with Crippen LogP contribution in [0.5, 0.6) is 0 Å². The number of hydrogen-bond donors (Lipinski definition) is 2. The SMILES string of the molecule is C=CN=C(Nc1c(C)cccc1N)N(C)CC. The lowest BCUT2D eigenvalue weighted by molar-refractivity contribution is 0.534. The Labute approximate surface area is 103 Å². The van der Waals surface area contributed by atoms with Crippen LogP contribution in [0.25, 0.3) is 0 Å². The molecular formula is C13H20N4. The topological polar surface area (TPSA) is 53.6 Å². The van der Waals surface area contributed by atoms with Crippen molar-refractivity contribution < 1.29 is 0 Å². The number of rotatable bonds is 3. The lowest BCUT2D eigenvalue weighted by Gasteiger charge is -2.21. The summed E-state index contributed by atoms with van der Waals surface area (Å²) in [6, 6.07) is 5.81. The first kappa shape index (κ1) is 13.1. The van der Waals surface area contributed by atoms with Crippen molar-refractivity contribution in [2.24, 2.45) is 4.99 Å². The van der Waals surface area contributed by atoms with E-state index in [2.05, 4.69) is 23.8 Å². The molecule has 0 amide bonds. The molecule has 1 aromatic carbocycles. The molecule has 3 N–H and O–H groups in total. The van der Waals surface area contributed by atoms with Gasteiger partial charge in [-0.1, -0.05) is 18.7 Å². The quantitative estimate of drug-likeness (QED) is 0.478. The Bertz CT molecular complexity index is 403. The average molecular weight is 232 g/mol. The molecule has 1 aromatic rings. The fourth-order valence-corrected chi connectivity index (χ4v) is 1.44. The molecule has 92 valence electrons. The lowest BCUT2D eigenvalue weighted by Crippen LogP contribution is -2.33. The van der Waals surface area contributed by atoms with Gasteiger partial charge in [-0.15, -0.1) is 0 Å². The molecule has 0 radical (unpaired) electrons. The second kappa shape index (κ2) is 5.94. The molecule has 0 aliphatic heterocycles. The zero-order valence-electron chi connectivity index (χ0n) is 10.7. The van der Waals surface area contributed by atoms with Gasteiger partial charge in [-0.3, -0.25) is 0 Å². The fraction of sp³-hybridized carbons (Fsp3) is 0.308. The molecule has 4 nitrogen and oxygen atoms in total. The maximum Gasteiger partial charge on any atom is 0.202 e. The Morgan fingerprint density at radius 2 is 2.29 bits per heavy atom. The van der Waals surface area contributed by atoms with Crippen molar-refractivity contribution in [2.45, 2.75) is 13.8 Å². The maximum absolute atomic E-state index is 5.95. The fourth-order valence-electron chi connectivity index (χ4n) is 1.44. The Morgan fingerprint density at radius 1 is 1.59 bits per heavy atom. The van der Waals surface area contributed by atoms with E-state index in [9.17, 15) is 0 Å². The lowest BCUT2D eigenvalue weighted by atomic mass is 10.1. The highest BCUT2D eigenvalue weighted by atomic mass is 15.3. The van der Waals surface area contributed by atoms with Crippen LogP contribution in [0.3, 0.4) is 0 Å². The molecule has 0 saturated heterocycles. The number of nitrogens with two attached hydrogens (primary N) is 1. The van der Waals surface area contributed by atoms with Gasteiger partial charge in [-0.2, -0.15) is 0 Å². The maximum atomic E-state index is 5.95. The monoisotopic (exact) mass is 232 g/mol. The number of anilines is 2. The Balaban J connectivity index is 3.02. The van der Waals surface area contributed by atoms with Crippen molar-refractivity contribution in [3.05, 3.63) is 36.5 Å². The number of guanidine groups is 1.